The maximum Gasteiger partial charge on any atom is 0.433 e. The first-order valence-electron chi connectivity index (χ1n) is 8.03. The van der Waals surface area contributed by atoms with Gasteiger partial charge in [0, 0.05) is 12.4 Å². The molecule has 0 spiro atoms. The lowest BCUT2D eigenvalue weighted by atomic mass is 10.1. The van der Waals surface area contributed by atoms with E-state index in [2.05, 4.69) is 4.98 Å². The van der Waals surface area contributed by atoms with Crippen LogP contribution in [-0.4, -0.2) is 33.7 Å². The second-order valence-corrected chi connectivity index (χ2v) is 5.97. The molecule has 0 aliphatic heterocycles. The number of carboxylic acid groups (broad SMARTS) is 1. The maximum atomic E-state index is 13.2. The van der Waals surface area contributed by atoms with Gasteiger partial charge in [-0.25, -0.2) is 9.78 Å². The fraction of sp³-hybridized carbons (Fsp3) is 0.111. The van der Waals surface area contributed by atoms with E-state index in [1.165, 1.54) is 24.3 Å². The van der Waals surface area contributed by atoms with Crippen molar-refractivity contribution in [2.75, 3.05) is 11.9 Å². The summed E-state index contributed by atoms with van der Waals surface area (Å²) >= 11 is 0. The standard InChI is InChI=1S/C18H13F3N4O4/c1-24(17(28)29)13-10-7-8-11(18(19,20)21)23-15(10)25(9-5-3-2-4-6-9)16(27)12(13)14(22)26/h2-8H,1H3,(H2,22,26)(H,28,29). The van der Waals surface area contributed by atoms with Gasteiger partial charge in [0.05, 0.1) is 11.4 Å². The molecule has 8 nitrogen and oxygen atoms in total. The maximum absolute atomic E-state index is 13.2. The van der Waals surface area contributed by atoms with Gasteiger partial charge in [0.2, 0.25) is 0 Å². The van der Waals surface area contributed by atoms with Crippen molar-refractivity contribution in [3.8, 4) is 5.69 Å². The first-order valence-corrected chi connectivity index (χ1v) is 8.03. The van der Waals surface area contributed by atoms with Gasteiger partial charge in [-0.1, -0.05) is 18.2 Å². The van der Waals surface area contributed by atoms with E-state index in [1.54, 1.807) is 6.07 Å². The molecular formula is C18H13F3N4O4. The second-order valence-electron chi connectivity index (χ2n) is 5.97. The summed E-state index contributed by atoms with van der Waals surface area (Å²) in [5.41, 5.74) is 1.46. The predicted octanol–water partition coefficient (Wildman–Crippen LogP) is 2.62. The van der Waals surface area contributed by atoms with E-state index >= 15 is 0 Å². The molecule has 0 aliphatic carbocycles. The highest BCUT2D eigenvalue weighted by atomic mass is 19.4. The van der Waals surface area contributed by atoms with E-state index in [4.69, 9.17) is 5.73 Å². The average Bonchev–Trinajstić information content (AvgIpc) is 2.65. The van der Waals surface area contributed by atoms with Gasteiger partial charge in [-0.2, -0.15) is 13.2 Å². The van der Waals surface area contributed by atoms with Crippen molar-refractivity contribution in [2.24, 2.45) is 5.73 Å². The minimum absolute atomic E-state index is 0.126. The quantitative estimate of drug-likeness (QED) is 0.693. The largest absolute Gasteiger partial charge is 0.465 e. The number of nitrogens with two attached hydrogens (primary N) is 1. The van der Waals surface area contributed by atoms with Crippen molar-refractivity contribution in [1.82, 2.24) is 9.55 Å². The Hall–Kier alpha value is -3.89. The minimum Gasteiger partial charge on any atom is -0.465 e. The third-order valence-corrected chi connectivity index (χ3v) is 4.17. The Kier molecular flexibility index (Phi) is 4.74. The lowest BCUT2D eigenvalue weighted by molar-refractivity contribution is -0.141. The third kappa shape index (κ3) is 3.37. The first-order chi connectivity index (χ1) is 13.5. The number of para-hydroxylation sites is 1. The summed E-state index contributed by atoms with van der Waals surface area (Å²) in [6.45, 7) is 0. The summed E-state index contributed by atoms with van der Waals surface area (Å²) < 4.78 is 40.4. The number of carbonyl (C=O) groups is 2. The molecule has 1 aromatic carbocycles. The van der Waals surface area contributed by atoms with Crippen LogP contribution in [0.1, 0.15) is 16.1 Å². The monoisotopic (exact) mass is 406 g/mol. The van der Waals surface area contributed by atoms with Crippen LogP contribution in [-0.2, 0) is 6.18 Å². The first kappa shape index (κ1) is 19.9. The Balaban J connectivity index is 2.59. The second kappa shape index (κ2) is 6.93. The number of amides is 2. The van der Waals surface area contributed by atoms with Gasteiger partial charge < -0.3 is 10.8 Å². The molecule has 0 bridgehead atoms. The van der Waals surface area contributed by atoms with Gasteiger partial charge in [-0.05, 0) is 24.3 Å². The number of primary amides is 1. The van der Waals surface area contributed by atoms with Gasteiger partial charge in [-0.15, -0.1) is 0 Å². The highest BCUT2D eigenvalue weighted by molar-refractivity contribution is 6.10. The van der Waals surface area contributed by atoms with E-state index in [0.29, 0.717) is 11.0 Å². The Morgan fingerprint density at radius 2 is 1.76 bits per heavy atom. The molecule has 0 aliphatic rings. The third-order valence-electron chi connectivity index (χ3n) is 4.17. The van der Waals surface area contributed by atoms with Gasteiger partial charge >= 0.3 is 12.3 Å². The summed E-state index contributed by atoms with van der Waals surface area (Å²) in [5, 5.41) is 9.16. The van der Waals surface area contributed by atoms with Crippen LogP contribution in [0.25, 0.3) is 16.7 Å². The molecule has 3 rings (SSSR count). The number of benzene rings is 1. The number of carbonyl (C=O) groups excluding carboxylic acids is 1. The molecule has 3 aromatic rings. The topological polar surface area (TPSA) is 119 Å². The minimum atomic E-state index is -4.81. The molecule has 0 saturated heterocycles. The van der Waals surface area contributed by atoms with E-state index in [-0.39, 0.29) is 11.1 Å². The van der Waals surface area contributed by atoms with Crippen molar-refractivity contribution >= 4 is 28.7 Å². The molecule has 3 N–H and O–H groups in total. The van der Waals surface area contributed by atoms with Crippen LogP contribution in [0.4, 0.5) is 23.7 Å². The number of hydrogen-bond acceptors (Lipinski definition) is 4. The van der Waals surface area contributed by atoms with Crippen molar-refractivity contribution in [2.45, 2.75) is 6.18 Å². The predicted molar refractivity (Wildman–Crippen MR) is 97.3 cm³/mol. The molecule has 2 heterocycles. The number of halogens is 3. The number of hydrogen-bond donors (Lipinski definition) is 2. The molecule has 2 aromatic heterocycles. The lowest BCUT2D eigenvalue weighted by Crippen LogP contribution is -2.35. The number of rotatable bonds is 3. The number of alkyl halides is 3. The van der Waals surface area contributed by atoms with Crippen molar-refractivity contribution in [3.63, 3.8) is 0 Å². The number of nitrogens with zero attached hydrogens (tertiary/aromatic N) is 3. The summed E-state index contributed by atoms with van der Waals surface area (Å²) in [6, 6.07) is 9.11. The molecule has 2 amide bonds. The molecule has 0 atom stereocenters. The Labute approximate surface area is 160 Å². The summed E-state index contributed by atoms with van der Waals surface area (Å²) in [5.74, 6) is -1.23. The summed E-state index contributed by atoms with van der Waals surface area (Å²) in [4.78, 5) is 40.6. The van der Waals surface area contributed by atoms with Crippen molar-refractivity contribution < 1.29 is 27.9 Å². The van der Waals surface area contributed by atoms with Gasteiger partial charge in [0.15, 0.2) is 0 Å². The Morgan fingerprint density at radius 1 is 1.14 bits per heavy atom. The Morgan fingerprint density at radius 3 is 2.28 bits per heavy atom. The summed E-state index contributed by atoms with van der Waals surface area (Å²) in [6.07, 6.45) is -6.36. The van der Waals surface area contributed by atoms with Crippen LogP contribution in [0.3, 0.4) is 0 Å². The molecule has 0 radical (unpaired) electrons. The SMILES string of the molecule is CN(C(=O)O)c1c(C(N)=O)c(=O)n(-c2ccccc2)c2nc(C(F)(F)F)ccc12. The van der Waals surface area contributed by atoms with Crippen LogP contribution in [0.15, 0.2) is 47.3 Å². The number of aromatic nitrogens is 2. The molecule has 0 unspecified atom stereocenters. The highest BCUT2D eigenvalue weighted by Gasteiger charge is 2.34. The Bertz CT molecular complexity index is 1190. The summed E-state index contributed by atoms with van der Waals surface area (Å²) in [7, 11) is 1.04. The van der Waals surface area contributed by atoms with Gasteiger partial charge in [-0.3, -0.25) is 19.1 Å². The lowest BCUT2D eigenvalue weighted by Gasteiger charge is -2.21. The fourth-order valence-electron chi connectivity index (χ4n) is 2.89. The van der Waals surface area contributed by atoms with Crippen LogP contribution < -0.4 is 16.2 Å². The molecular weight excluding hydrogens is 393 g/mol. The molecule has 150 valence electrons. The normalized spacial score (nSPS) is 11.4. The van der Waals surface area contributed by atoms with Crippen LogP contribution in [0.5, 0.6) is 0 Å². The van der Waals surface area contributed by atoms with E-state index < -0.39 is 46.3 Å². The number of fused-ring (bicyclic) bond motifs is 1. The molecule has 0 fully saturated rings. The van der Waals surface area contributed by atoms with Crippen molar-refractivity contribution in [3.05, 3.63) is 64.1 Å². The number of pyridine rings is 2. The van der Waals surface area contributed by atoms with Crippen LogP contribution >= 0.6 is 0 Å². The van der Waals surface area contributed by atoms with Gasteiger partial charge in [0.25, 0.3) is 11.5 Å². The van der Waals surface area contributed by atoms with E-state index in [9.17, 15) is 32.7 Å². The highest BCUT2D eigenvalue weighted by Crippen LogP contribution is 2.33. The fourth-order valence-corrected chi connectivity index (χ4v) is 2.89. The van der Waals surface area contributed by atoms with E-state index in [0.717, 1.165) is 17.7 Å². The molecule has 11 heteroatoms. The van der Waals surface area contributed by atoms with E-state index in [1.807, 2.05) is 0 Å². The van der Waals surface area contributed by atoms with Crippen LogP contribution in [0.2, 0.25) is 0 Å². The average molecular weight is 406 g/mol. The smallest absolute Gasteiger partial charge is 0.433 e. The molecule has 0 saturated carbocycles. The zero-order valence-electron chi connectivity index (χ0n) is 14.8. The zero-order chi connectivity index (χ0) is 21.5. The van der Waals surface area contributed by atoms with Gasteiger partial charge in [0.1, 0.15) is 16.9 Å². The van der Waals surface area contributed by atoms with Crippen molar-refractivity contribution in [1.29, 1.82) is 0 Å². The number of anilines is 1. The van der Waals surface area contributed by atoms with Crippen LogP contribution in [0, 0.1) is 0 Å². The molecule has 29 heavy (non-hydrogen) atoms. The zero-order valence-corrected chi connectivity index (χ0v) is 14.8.